The smallest absolute Gasteiger partial charge is 0.246 e. The number of methoxy groups -OCH3 is 1. The van der Waals surface area contributed by atoms with Crippen molar-refractivity contribution < 1.29 is 23.9 Å². The molecule has 49 heavy (non-hydrogen) atoms. The van der Waals surface area contributed by atoms with Crippen molar-refractivity contribution in [2.24, 2.45) is 23.7 Å². The van der Waals surface area contributed by atoms with Gasteiger partial charge in [0.05, 0.1) is 25.0 Å². The van der Waals surface area contributed by atoms with Gasteiger partial charge in [0.2, 0.25) is 17.7 Å². The Balaban J connectivity index is 1.05. The van der Waals surface area contributed by atoms with Gasteiger partial charge in [-0.3, -0.25) is 19.3 Å². The van der Waals surface area contributed by atoms with Crippen molar-refractivity contribution in [2.45, 2.75) is 69.9 Å². The molecule has 1 aliphatic carbocycles. The molecule has 4 aliphatic heterocycles. The number of benzene rings is 2. The molecule has 3 saturated heterocycles. The van der Waals surface area contributed by atoms with Crippen LogP contribution in [0.3, 0.4) is 0 Å². The molecule has 10 heteroatoms. The quantitative estimate of drug-likeness (QED) is 0.350. The van der Waals surface area contributed by atoms with Crippen molar-refractivity contribution in [1.82, 2.24) is 20.0 Å². The first kappa shape index (κ1) is 33.8. The van der Waals surface area contributed by atoms with Crippen LogP contribution in [0.2, 0.25) is 0 Å². The van der Waals surface area contributed by atoms with E-state index in [0.29, 0.717) is 29.8 Å². The number of ether oxygens (including phenoxy) is 2. The van der Waals surface area contributed by atoms with Gasteiger partial charge in [-0.1, -0.05) is 69.2 Å². The van der Waals surface area contributed by atoms with Crippen molar-refractivity contribution in [2.75, 3.05) is 51.7 Å². The number of rotatable bonds is 11. The van der Waals surface area contributed by atoms with Crippen LogP contribution in [0, 0.1) is 23.7 Å². The lowest BCUT2D eigenvalue weighted by atomic mass is 9.73. The topological polar surface area (TPSA) is 103 Å². The third-order valence-corrected chi connectivity index (χ3v) is 11.9. The van der Waals surface area contributed by atoms with E-state index < -0.39 is 29.6 Å². The van der Waals surface area contributed by atoms with Gasteiger partial charge in [-0.25, -0.2) is 0 Å². The van der Waals surface area contributed by atoms with Crippen LogP contribution in [-0.2, 0) is 25.7 Å². The van der Waals surface area contributed by atoms with E-state index in [-0.39, 0.29) is 23.8 Å². The molecule has 2 aromatic carbocycles. The molecular formula is C39H51N5O5. The van der Waals surface area contributed by atoms with Crippen molar-refractivity contribution >= 4 is 23.4 Å². The van der Waals surface area contributed by atoms with Crippen molar-refractivity contribution in [3.8, 4) is 5.75 Å². The number of piperazine rings is 1. The molecule has 262 valence electrons. The summed E-state index contributed by atoms with van der Waals surface area (Å²) in [5.74, 6) is -0.553. The summed E-state index contributed by atoms with van der Waals surface area (Å²) in [6.45, 7) is 10.6. The number of carbonyl (C=O) groups is 3. The molecule has 4 fully saturated rings. The highest BCUT2D eigenvalue weighted by Gasteiger charge is 2.72. The summed E-state index contributed by atoms with van der Waals surface area (Å²) in [6.07, 6.45) is 7.12. The average Bonchev–Trinajstić information content (AvgIpc) is 3.75. The Morgan fingerprint density at radius 3 is 2.41 bits per heavy atom. The van der Waals surface area contributed by atoms with E-state index in [1.54, 1.807) is 36.3 Å². The maximum atomic E-state index is 14.5. The Bertz CT molecular complexity index is 1530. The molecule has 2 bridgehead atoms. The Morgan fingerprint density at radius 2 is 1.67 bits per heavy atom. The van der Waals surface area contributed by atoms with E-state index in [0.717, 1.165) is 65.0 Å². The number of likely N-dealkylation sites (tertiary alicyclic amines) is 1. The predicted molar refractivity (Wildman–Crippen MR) is 188 cm³/mol. The number of hydrogen-bond acceptors (Lipinski definition) is 7. The molecule has 3 amide bonds. The van der Waals surface area contributed by atoms with E-state index in [1.807, 2.05) is 12.2 Å². The Labute approximate surface area is 290 Å². The summed E-state index contributed by atoms with van der Waals surface area (Å²) in [5.41, 5.74) is 0.782. The lowest BCUT2D eigenvalue weighted by molar-refractivity contribution is -0.141. The first-order valence-corrected chi connectivity index (χ1v) is 18.2. The Hall–Kier alpha value is -3.73. The van der Waals surface area contributed by atoms with Crippen molar-refractivity contribution in [3.05, 3.63) is 72.3 Å². The number of nitrogens with one attached hydrogen (secondary N) is 2. The minimum atomic E-state index is -1.17. The highest BCUT2D eigenvalue weighted by Crippen LogP contribution is 2.55. The van der Waals surface area contributed by atoms with Gasteiger partial charge < -0.3 is 29.9 Å². The molecule has 1 saturated carbocycles. The maximum absolute atomic E-state index is 14.5. The lowest BCUT2D eigenvalue weighted by Gasteiger charge is -2.38. The second kappa shape index (κ2) is 14.2. The van der Waals surface area contributed by atoms with E-state index in [2.05, 4.69) is 64.6 Å². The van der Waals surface area contributed by atoms with Crippen LogP contribution in [0.25, 0.3) is 0 Å². The van der Waals surface area contributed by atoms with Crippen LogP contribution >= 0.6 is 0 Å². The SMILES string of the molecule is COc1ccc(NC(=O)[C@H]2[C@H]3C=C[C@@]4(O3)[C@H]2C(=O)N(CCCN2CCN(Cc3ccccc3)CC2)[C@@H]4C(=O)N[C@@H]2CCC[C@H](C)[C@H]2C)cc1. The van der Waals surface area contributed by atoms with Crippen molar-refractivity contribution in [3.63, 3.8) is 0 Å². The Morgan fingerprint density at radius 1 is 0.939 bits per heavy atom. The van der Waals surface area contributed by atoms with Crippen LogP contribution < -0.4 is 15.4 Å². The Kier molecular flexibility index (Phi) is 9.81. The molecular weight excluding hydrogens is 618 g/mol. The molecule has 2 aromatic rings. The molecule has 2 N–H and O–H groups in total. The van der Waals surface area contributed by atoms with Gasteiger partial charge >= 0.3 is 0 Å². The normalized spacial score (nSPS) is 32.7. The first-order valence-electron chi connectivity index (χ1n) is 18.2. The van der Waals surface area contributed by atoms with Gasteiger partial charge in [-0.05, 0) is 61.1 Å². The molecule has 0 radical (unpaired) electrons. The summed E-state index contributed by atoms with van der Waals surface area (Å²) >= 11 is 0. The third-order valence-electron chi connectivity index (χ3n) is 11.9. The zero-order valence-electron chi connectivity index (χ0n) is 29.1. The van der Waals surface area contributed by atoms with Crippen LogP contribution in [0.4, 0.5) is 5.69 Å². The van der Waals surface area contributed by atoms with Crippen LogP contribution in [0.15, 0.2) is 66.7 Å². The molecule has 0 aromatic heterocycles. The van der Waals surface area contributed by atoms with Crippen LogP contribution in [-0.4, -0.2) is 103 Å². The van der Waals surface area contributed by atoms with E-state index in [1.165, 1.54) is 5.56 Å². The molecule has 7 rings (SSSR count). The number of fused-ring (bicyclic) bond motifs is 1. The van der Waals surface area contributed by atoms with Gasteiger partial charge in [0.15, 0.2) is 0 Å². The van der Waals surface area contributed by atoms with Crippen molar-refractivity contribution in [1.29, 1.82) is 0 Å². The second-order valence-corrected chi connectivity index (χ2v) is 14.8. The lowest BCUT2D eigenvalue weighted by Crippen LogP contribution is -2.58. The number of anilines is 1. The minimum absolute atomic E-state index is 0.0487. The van der Waals surface area contributed by atoms with E-state index in [9.17, 15) is 14.4 Å². The van der Waals surface area contributed by atoms with Crippen LogP contribution in [0.1, 0.15) is 45.1 Å². The van der Waals surface area contributed by atoms with Gasteiger partial charge in [-0.15, -0.1) is 0 Å². The van der Waals surface area contributed by atoms with E-state index in [4.69, 9.17) is 9.47 Å². The molecule has 4 heterocycles. The number of hydrogen-bond donors (Lipinski definition) is 2. The molecule has 1 spiro atoms. The zero-order valence-corrected chi connectivity index (χ0v) is 29.1. The minimum Gasteiger partial charge on any atom is -0.497 e. The fourth-order valence-electron chi connectivity index (χ4n) is 8.93. The van der Waals surface area contributed by atoms with Gasteiger partial charge in [0, 0.05) is 51.0 Å². The largest absolute Gasteiger partial charge is 0.497 e. The first-order chi connectivity index (χ1) is 23.8. The third kappa shape index (κ3) is 6.62. The monoisotopic (exact) mass is 669 g/mol. The maximum Gasteiger partial charge on any atom is 0.246 e. The zero-order chi connectivity index (χ0) is 34.1. The fourth-order valence-corrected chi connectivity index (χ4v) is 8.93. The molecule has 10 nitrogen and oxygen atoms in total. The van der Waals surface area contributed by atoms with Gasteiger partial charge in [0.1, 0.15) is 17.4 Å². The summed E-state index contributed by atoms with van der Waals surface area (Å²) in [6, 6.07) is 16.9. The van der Waals surface area contributed by atoms with Gasteiger partial charge in [-0.2, -0.15) is 0 Å². The summed E-state index contributed by atoms with van der Waals surface area (Å²) < 4.78 is 11.8. The standard InChI is InChI=1S/C39H51N5O5/c1-26-9-7-12-31(27(26)2)41-37(46)35-39-18-17-32(49-39)33(36(45)40-29-13-15-30(48-3)16-14-29)34(39)38(47)44(35)20-8-19-42-21-23-43(24-22-42)25-28-10-5-4-6-11-28/h4-6,10-11,13-18,26-27,31-35H,7-9,12,19-25H2,1-3H3,(H,40,45)(H,41,46)/t26-,27+,31+,32+,33-,34+,35+,39+/m0/s1. The molecule has 5 aliphatic rings. The van der Waals surface area contributed by atoms with Crippen LogP contribution in [0.5, 0.6) is 5.75 Å². The highest BCUT2D eigenvalue weighted by atomic mass is 16.5. The number of amides is 3. The summed E-state index contributed by atoms with van der Waals surface area (Å²) in [4.78, 5) is 49.4. The second-order valence-electron chi connectivity index (χ2n) is 14.8. The van der Waals surface area contributed by atoms with Gasteiger partial charge in [0.25, 0.3) is 0 Å². The molecule has 8 atom stereocenters. The number of carbonyl (C=O) groups excluding carboxylic acids is 3. The summed E-state index contributed by atoms with van der Waals surface area (Å²) in [5, 5.41) is 6.37. The highest BCUT2D eigenvalue weighted by molar-refractivity contribution is 6.02. The summed E-state index contributed by atoms with van der Waals surface area (Å²) in [7, 11) is 1.60. The predicted octanol–water partition coefficient (Wildman–Crippen LogP) is 3.93. The van der Waals surface area contributed by atoms with E-state index >= 15 is 0 Å². The fraction of sp³-hybridized carbons (Fsp3) is 0.564. The average molecular weight is 670 g/mol. The molecule has 0 unspecified atom stereocenters. The number of nitrogens with zero attached hydrogens (tertiary/aromatic N) is 3.